The average molecular weight is 299 g/mol. The lowest BCUT2D eigenvalue weighted by molar-refractivity contribution is -0.151. The molecule has 1 N–H and O–H groups in total. The summed E-state index contributed by atoms with van der Waals surface area (Å²) in [5.74, 6) is -1.13. The first-order valence-electron chi connectivity index (χ1n) is 6.39. The number of nitrogens with zero attached hydrogens (tertiary/aromatic N) is 1. The van der Waals surface area contributed by atoms with Crippen LogP contribution < -0.4 is 0 Å². The molecule has 0 aliphatic rings. The van der Waals surface area contributed by atoms with E-state index in [1.165, 1.54) is 0 Å². The summed E-state index contributed by atoms with van der Waals surface area (Å²) in [7, 11) is 1.58. The predicted octanol–water partition coefficient (Wildman–Crippen LogP) is 2.22. The summed E-state index contributed by atoms with van der Waals surface area (Å²) in [6, 6.07) is 3.89. The van der Waals surface area contributed by atoms with E-state index in [-0.39, 0.29) is 12.3 Å². The molecule has 1 aromatic rings. The number of carboxylic acids is 1. The molecule has 1 amide bonds. The van der Waals surface area contributed by atoms with Crippen LogP contribution in [0.2, 0.25) is 0 Å². The van der Waals surface area contributed by atoms with Crippen LogP contribution in [0.4, 0.5) is 0 Å². The summed E-state index contributed by atoms with van der Waals surface area (Å²) in [5, 5.41) is 11.1. The van der Waals surface area contributed by atoms with Crippen LogP contribution in [0.5, 0.6) is 0 Å². The largest absolute Gasteiger partial charge is 0.481 e. The van der Waals surface area contributed by atoms with E-state index < -0.39 is 11.4 Å². The van der Waals surface area contributed by atoms with Crippen molar-refractivity contribution in [3.8, 4) is 0 Å². The fraction of sp³-hybridized carbons (Fsp3) is 0.571. The van der Waals surface area contributed by atoms with E-state index in [1.54, 1.807) is 37.2 Å². The van der Waals surface area contributed by atoms with Crippen molar-refractivity contribution in [3.63, 3.8) is 0 Å². The minimum Gasteiger partial charge on any atom is -0.481 e. The van der Waals surface area contributed by atoms with Gasteiger partial charge in [0.15, 0.2) is 0 Å². The van der Waals surface area contributed by atoms with Crippen LogP contribution in [0.1, 0.15) is 25.1 Å². The number of carbonyl (C=O) groups is 2. The number of thiophene rings is 1. The highest BCUT2D eigenvalue weighted by Crippen LogP contribution is 2.23. The molecule has 0 aromatic carbocycles. The summed E-state index contributed by atoms with van der Waals surface area (Å²) in [6.07, 6.45) is -0.0164. The number of rotatable bonds is 8. The monoisotopic (exact) mass is 299 g/mol. The Labute approximate surface area is 123 Å². The molecule has 112 valence electrons. The van der Waals surface area contributed by atoms with Gasteiger partial charge in [-0.2, -0.15) is 0 Å². The smallest absolute Gasteiger partial charge is 0.309 e. The standard InChI is InChI=1S/C14H21NO4S/c1-14(2,13(17)18)9-12(16)15(6-7-19-3)10-11-5-4-8-20-11/h4-5,8H,6-7,9-10H2,1-3H3,(H,17,18). The molecule has 0 fully saturated rings. The van der Waals surface area contributed by atoms with Gasteiger partial charge in [0.05, 0.1) is 18.6 Å². The molecule has 20 heavy (non-hydrogen) atoms. The molecule has 0 spiro atoms. The maximum Gasteiger partial charge on any atom is 0.309 e. The number of carboxylic acid groups (broad SMARTS) is 1. The summed E-state index contributed by atoms with van der Waals surface area (Å²) in [6.45, 7) is 4.52. The van der Waals surface area contributed by atoms with E-state index in [0.29, 0.717) is 19.7 Å². The number of methoxy groups -OCH3 is 1. The first-order chi connectivity index (χ1) is 9.36. The second kappa shape index (κ2) is 7.40. The quantitative estimate of drug-likeness (QED) is 0.799. The first-order valence-corrected chi connectivity index (χ1v) is 7.27. The van der Waals surface area contributed by atoms with Gasteiger partial charge in [-0.05, 0) is 25.3 Å². The Morgan fingerprint density at radius 1 is 1.45 bits per heavy atom. The molecule has 1 rings (SSSR count). The van der Waals surface area contributed by atoms with Crippen LogP contribution in [0, 0.1) is 5.41 Å². The van der Waals surface area contributed by atoms with Crippen molar-refractivity contribution in [3.05, 3.63) is 22.4 Å². The normalized spacial score (nSPS) is 11.3. The second-order valence-corrected chi connectivity index (χ2v) is 6.29. The third-order valence-electron chi connectivity index (χ3n) is 3.02. The van der Waals surface area contributed by atoms with Crippen molar-refractivity contribution in [2.45, 2.75) is 26.8 Å². The lowest BCUT2D eigenvalue weighted by atomic mass is 9.89. The summed E-state index contributed by atoms with van der Waals surface area (Å²) in [5.41, 5.74) is -1.06. The minimum atomic E-state index is -1.06. The Hall–Kier alpha value is -1.40. The zero-order valence-corrected chi connectivity index (χ0v) is 12.9. The zero-order chi connectivity index (χ0) is 15.2. The SMILES string of the molecule is COCCN(Cc1cccs1)C(=O)CC(C)(C)C(=O)O. The highest BCUT2D eigenvalue weighted by atomic mass is 32.1. The van der Waals surface area contributed by atoms with Crippen molar-refractivity contribution < 1.29 is 19.4 Å². The molecule has 5 nitrogen and oxygen atoms in total. The second-order valence-electron chi connectivity index (χ2n) is 5.25. The van der Waals surface area contributed by atoms with Gasteiger partial charge in [-0.1, -0.05) is 6.07 Å². The Morgan fingerprint density at radius 2 is 2.15 bits per heavy atom. The van der Waals surface area contributed by atoms with Crippen LogP contribution in [-0.2, 0) is 20.9 Å². The highest BCUT2D eigenvalue weighted by molar-refractivity contribution is 7.09. The molecule has 1 heterocycles. The van der Waals surface area contributed by atoms with E-state index in [2.05, 4.69) is 0 Å². The third kappa shape index (κ3) is 4.94. The van der Waals surface area contributed by atoms with Crippen molar-refractivity contribution >= 4 is 23.2 Å². The Morgan fingerprint density at radius 3 is 2.65 bits per heavy atom. The molecule has 0 saturated heterocycles. The van der Waals surface area contributed by atoms with Crippen molar-refractivity contribution in [1.29, 1.82) is 0 Å². The van der Waals surface area contributed by atoms with E-state index in [1.807, 2.05) is 17.5 Å². The first kappa shape index (κ1) is 16.7. The number of ether oxygens (including phenoxy) is 1. The predicted molar refractivity (Wildman–Crippen MR) is 77.6 cm³/mol. The minimum absolute atomic E-state index is 0.0164. The van der Waals surface area contributed by atoms with Gasteiger partial charge in [-0.15, -0.1) is 11.3 Å². The highest BCUT2D eigenvalue weighted by Gasteiger charge is 2.32. The van der Waals surface area contributed by atoms with E-state index in [4.69, 9.17) is 9.84 Å². The van der Waals surface area contributed by atoms with Gasteiger partial charge >= 0.3 is 5.97 Å². The van der Waals surface area contributed by atoms with E-state index >= 15 is 0 Å². The van der Waals surface area contributed by atoms with Gasteiger partial charge in [0, 0.05) is 25.0 Å². The zero-order valence-electron chi connectivity index (χ0n) is 12.1. The maximum absolute atomic E-state index is 12.3. The lowest BCUT2D eigenvalue weighted by Gasteiger charge is -2.26. The molecule has 0 atom stereocenters. The van der Waals surface area contributed by atoms with E-state index in [0.717, 1.165) is 4.88 Å². The van der Waals surface area contributed by atoms with Gasteiger partial charge in [0.1, 0.15) is 0 Å². The van der Waals surface area contributed by atoms with Crippen molar-refractivity contribution in [2.75, 3.05) is 20.3 Å². The molecule has 0 unspecified atom stereocenters. The summed E-state index contributed by atoms with van der Waals surface area (Å²) >= 11 is 1.58. The third-order valence-corrected chi connectivity index (χ3v) is 3.88. The molecular formula is C14H21NO4S. The number of hydrogen-bond donors (Lipinski definition) is 1. The van der Waals surface area contributed by atoms with Gasteiger partial charge in [-0.3, -0.25) is 9.59 Å². The molecule has 6 heteroatoms. The molecule has 0 radical (unpaired) electrons. The molecule has 1 aromatic heterocycles. The Balaban J connectivity index is 2.71. The van der Waals surface area contributed by atoms with E-state index in [9.17, 15) is 9.59 Å². The molecular weight excluding hydrogens is 278 g/mol. The van der Waals surface area contributed by atoms with Gasteiger partial charge in [0.25, 0.3) is 0 Å². The fourth-order valence-electron chi connectivity index (χ4n) is 1.65. The van der Waals surface area contributed by atoms with Crippen molar-refractivity contribution in [1.82, 2.24) is 4.90 Å². The van der Waals surface area contributed by atoms with Crippen LogP contribution >= 0.6 is 11.3 Å². The van der Waals surface area contributed by atoms with Crippen molar-refractivity contribution in [2.24, 2.45) is 5.41 Å². The van der Waals surface area contributed by atoms with Crippen LogP contribution in [-0.4, -0.2) is 42.1 Å². The Kier molecular flexibility index (Phi) is 6.16. The summed E-state index contributed by atoms with van der Waals surface area (Å²) < 4.78 is 5.01. The maximum atomic E-state index is 12.3. The Bertz CT molecular complexity index is 442. The van der Waals surface area contributed by atoms with Gasteiger partial charge in [-0.25, -0.2) is 0 Å². The van der Waals surface area contributed by atoms with Gasteiger partial charge in [0.2, 0.25) is 5.91 Å². The lowest BCUT2D eigenvalue weighted by Crippen LogP contribution is -2.38. The average Bonchev–Trinajstić information content (AvgIpc) is 2.86. The summed E-state index contributed by atoms with van der Waals surface area (Å²) in [4.78, 5) is 26.1. The fourth-order valence-corrected chi connectivity index (χ4v) is 2.37. The molecule has 0 bridgehead atoms. The molecule has 0 aliphatic heterocycles. The topological polar surface area (TPSA) is 66.8 Å². The molecule has 0 aliphatic carbocycles. The number of hydrogen-bond acceptors (Lipinski definition) is 4. The van der Waals surface area contributed by atoms with Crippen LogP contribution in [0.15, 0.2) is 17.5 Å². The van der Waals surface area contributed by atoms with Crippen LogP contribution in [0.3, 0.4) is 0 Å². The number of amides is 1. The van der Waals surface area contributed by atoms with Gasteiger partial charge < -0.3 is 14.7 Å². The number of aliphatic carboxylic acids is 1. The molecule has 0 saturated carbocycles. The van der Waals surface area contributed by atoms with Crippen LogP contribution in [0.25, 0.3) is 0 Å². The number of carbonyl (C=O) groups excluding carboxylic acids is 1.